The molecule has 2 atom stereocenters. The lowest BCUT2D eigenvalue weighted by molar-refractivity contribution is -0.134. The highest BCUT2D eigenvalue weighted by Gasteiger charge is 2.43. The number of nitrogens with one attached hydrogen (secondary N) is 1. The summed E-state index contributed by atoms with van der Waals surface area (Å²) >= 11 is 0. The normalized spacial score (nSPS) is 18.3. The maximum Gasteiger partial charge on any atom is 0.252 e. The molecule has 0 unspecified atom stereocenters. The van der Waals surface area contributed by atoms with Crippen molar-refractivity contribution in [3.8, 4) is 11.5 Å². The summed E-state index contributed by atoms with van der Waals surface area (Å²) in [5, 5.41) is 3.62. The summed E-state index contributed by atoms with van der Waals surface area (Å²) in [5.74, 6) is -4.00. The molecule has 52 heavy (non-hydrogen) atoms. The number of nitrogens with two attached hydrogens (primary N) is 1. The summed E-state index contributed by atoms with van der Waals surface area (Å²) in [4.78, 5) is 42.8. The van der Waals surface area contributed by atoms with Gasteiger partial charge in [0.05, 0.1) is 19.2 Å². The number of aryl methyl sites for hydroxylation is 2. The first kappa shape index (κ1) is 36.9. The van der Waals surface area contributed by atoms with E-state index in [0.717, 1.165) is 53.0 Å². The molecule has 0 aromatic heterocycles. The van der Waals surface area contributed by atoms with Crippen molar-refractivity contribution in [1.82, 2.24) is 15.1 Å². The number of piperazine rings is 1. The molecule has 2 bridgehead atoms. The smallest absolute Gasteiger partial charge is 0.252 e. The van der Waals surface area contributed by atoms with Gasteiger partial charge in [0.25, 0.3) is 5.91 Å². The topological polar surface area (TPSA) is 114 Å². The minimum atomic E-state index is -1.34. The summed E-state index contributed by atoms with van der Waals surface area (Å²) in [5.41, 5.74) is 9.85. The number of nitrogens with zero attached hydrogens (tertiary/aromatic N) is 2. The summed E-state index contributed by atoms with van der Waals surface area (Å²) in [6.45, 7) is 3.58. The molecule has 1 saturated carbocycles. The van der Waals surface area contributed by atoms with Crippen LogP contribution in [0.15, 0.2) is 66.2 Å². The Balaban J connectivity index is 1.19. The summed E-state index contributed by atoms with van der Waals surface area (Å²) in [6.07, 6.45) is 4.12. The van der Waals surface area contributed by atoms with Gasteiger partial charge in [0.2, 0.25) is 17.6 Å². The van der Waals surface area contributed by atoms with E-state index in [0.29, 0.717) is 57.5 Å². The number of primary amides is 1. The molecule has 3 aliphatic rings. The second-order valence-electron chi connectivity index (χ2n) is 13.8. The molecule has 3 amide bonds. The Morgan fingerprint density at radius 1 is 0.923 bits per heavy atom. The Morgan fingerprint density at radius 2 is 1.69 bits per heavy atom. The number of carbonyl (C=O) groups excluding carboxylic acids is 3. The molecule has 9 nitrogen and oxygen atoms in total. The SMILES string of the molecule is Cc1cccc(OCCN(C(=O)C2=C(c3ccc(CCCOc4c(F)ccc(F)c4F)cc3)C[C@@H]3CN(C(=O)CCCC(N)=O)C[C@H]2N3)C2CC2)c1. The molecule has 0 spiro atoms. The number of amides is 3. The first-order valence-corrected chi connectivity index (χ1v) is 18.0. The number of hydrogen-bond donors (Lipinski definition) is 2. The number of carbonyl (C=O) groups is 3. The highest BCUT2D eigenvalue weighted by atomic mass is 19.2. The van der Waals surface area contributed by atoms with Gasteiger partial charge in [0, 0.05) is 43.6 Å². The standard InChI is InChI=1S/C40H45F3N4O5/c1-25-5-2-7-30(21-25)51-20-18-47(29-14-15-29)40(50)37-31(22-28-23-46(24-34(37)45-28)36(49)9-3-8-35(44)48)27-12-10-26(11-13-27)6-4-19-52-39-33(42)17-16-32(41)38(39)43/h2,5,7,10-13,16-17,21,28-29,34,45H,3-4,6,8-9,14-15,18-20,22-24H2,1H3,(H2,44,48)/t28-,34-/m1/s1. The molecule has 2 heterocycles. The largest absolute Gasteiger partial charge is 0.492 e. The van der Waals surface area contributed by atoms with E-state index in [-0.39, 0.29) is 49.4 Å². The number of benzene rings is 3. The molecule has 0 radical (unpaired) electrons. The molecule has 3 aromatic rings. The first-order valence-electron chi connectivity index (χ1n) is 18.0. The van der Waals surface area contributed by atoms with Crippen molar-refractivity contribution in [1.29, 1.82) is 0 Å². The number of ether oxygens (including phenoxy) is 2. The molecule has 276 valence electrons. The van der Waals surface area contributed by atoms with E-state index in [1.165, 1.54) is 0 Å². The lowest BCUT2D eigenvalue weighted by atomic mass is 9.82. The maximum absolute atomic E-state index is 14.6. The zero-order valence-electron chi connectivity index (χ0n) is 29.3. The third kappa shape index (κ3) is 9.14. The fraction of sp³-hybridized carbons (Fsp3) is 0.425. The molecule has 1 aliphatic carbocycles. The molecule has 6 rings (SSSR count). The summed E-state index contributed by atoms with van der Waals surface area (Å²) in [6, 6.07) is 16.9. The lowest BCUT2D eigenvalue weighted by Gasteiger charge is -2.45. The fourth-order valence-electron chi connectivity index (χ4n) is 7.06. The van der Waals surface area contributed by atoms with Gasteiger partial charge in [-0.05, 0) is 92.0 Å². The molecular formula is C40H45F3N4O5. The van der Waals surface area contributed by atoms with Crippen molar-refractivity contribution in [2.24, 2.45) is 5.73 Å². The fourth-order valence-corrected chi connectivity index (χ4v) is 7.06. The average molecular weight is 719 g/mol. The highest BCUT2D eigenvalue weighted by Crippen LogP contribution is 2.37. The first-order chi connectivity index (χ1) is 25.1. The van der Waals surface area contributed by atoms with Crippen molar-refractivity contribution >= 4 is 23.3 Å². The quantitative estimate of drug-likeness (QED) is 0.150. The minimum Gasteiger partial charge on any atom is -0.492 e. The van der Waals surface area contributed by atoms with Crippen LogP contribution in [-0.4, -0.2) is 78.5 Å². The van der Waals surface area contributed by atoms with Gasteiger partial charge >= 0.3 is 0 Å². The molecule has 1 saturated heterocycles. The molecule has 2 fully saturated rings. The minimum absolute atomic E-state index is 0.000220. The van der Waals surface area contributed by atoms with Crippen LogP contribution in [0, 0.1) is 24.4 Å². The van der Waals surface area contributed by atoms with Gasteiger partial charge in [0.15, 0.2) is 17.4 Å². The number of rotatable bonds is 16. The van der Waals surface area contributed by atoms with E-state index < -0.39 is 29.1 Å². The molecule has 3 aromatic carbocycles. The van der Waals surface area contributed by atoms with Crippen molar-refractivity contribution in [2.45, 2.75) is 76.4 Å². The third-order valence-electron chi connectivity index (χ3n) is 9.80. The van der Waals surface area contributed by atoms with Crippen LogP contribution < -0.4 is 20.5 Å². The van der Waals surface area contributed by atoms with Gasteiger partial charge < -0.3 is 30.3 Å². The second-order valence-corrected chi connectivity index (χ2v) is 13.8. The lowest BCUT2D eigenvalue weighted by Crippen LogP contribution is -2.62. The Morgan fingerprint density at radius 3 is 2.42 bits per heavy atom. The van der Waals surface area contributed by atoms with Crippen molar-refractivity contribution < 1.29 is 37.0 Å². The molecular weight excluding hydrogens is 673 g/mol. The predicted molar refractivity (Wildman–Crippen MR) is 190 cm³/mol. The third-order valence-corrected chi connectivity index (χ3v) is 9.80. The number of fused-ring (bicyclic) bond motifs is 2. The van der Waals surface area contributed by atoms with Gasteiger partial charge in [-0.15, -0.1) is 0 Å². The van der Waals surface area contributed by atoms with Gasteiger partial charge in [-0.1, -0.05) is 36.4 Å². The monoisotopic (exact) mass is 718 g/mol. The Kier molecular flexibility index (Phi) is 11.8. The van der Waals surface area contributed by atoms with Gasteiger partial charge in [0.1, 0.15) is 12.4 Å². The Bertz CT molecular complexity index is 1810. The van der Waals surface area contributed by atoms with Crippen LogP contribution in [0.5, 0.6) is 11.5 Å². The van der Waals surface area contributed by atoms with Crippen LogP contribution in [0.4, 0.5) is 13.2 Å². The van der Waals surface area contributed by atoms with Gasteiger partial charge in [-0.3, -0.25) is 14.4 Å². The molecule has 2 aliphatic heterocycles. The van der Waals surface area contributed by atoms with E-state index in [4.69, 9.17) is 15.2 Å². The van der Waals surface area contributed by atoms with E-state index in [1.54, 1.807) is 4.90 Å². The average Bonchev–Trinajstić information content (AvgIpc) is 3.96. The van der Waals surface area contributed by atoms with E-state index in [2.05, 4.69) is 5.32 Å². The van der Waals surface area contributed by atoms with Crippen molar-refractivity contribution in [3.63, 3.8) is 0 Å². The molecule has 12 heteroatoms. The number of hydrogen-bond acceptors (Lipinski definition) is 6. The van der Waals surface area contributed by atoms with Crippen LogP contribution in [0.3, 0.4) is 0 Å². The van der Waals surface area contributed by atoms with E-state index >= 15 is 0 Å². The zero-order chi connectivity index (χ0) is 36.8. The van der Waals surface area contributed by atoms with E-state index in [9.17, 15) is 27.6 Å². The zero-order valence-corrected chi connectivity index (χ0v) is 29.3. The highest BCUT2D eigenvalue weighted by molar-refractivity contribution is 6.03. The maximum atomic E-state index is 14.6. The summed E-state index contributed by atoms with van der Waals surface area (Å²) in [7, 11) is 0. The van der Waals surface area contributed by atoms with Gasteiger partial charge in [-0.25, -0.2) is 8.78 Å². The second kappa shape index (κ2) is 16.7. The van der Waals surface area contributed by atoms with Crippen molar-refractivity contribution in [3.05, 3.63) is 100 Å². The van der Waals surface area contributed by atoms with Crippen LogP contribution >= 0.6 is 0 Å². The number of halogens is 3. The Hall–Kier alpha value is -4.84. The predicted octanol–water partition coefficient (Wildman–Crippen LogP) is 5.48. The van der Waals surface area contributed by atoms with Crippen molar-refractivity contribution in [2.75, 3.05) is 32.8 Å². The van der Waals surface area contributed by atoms with Crippen LogP contribution in [0.2, 0.25) is 0 Å². The van der Waals surface area contributed by atoms with Crippen LogP contribution in [0.1, 0.15) is 61.6 Å². The van der Waals surface area contributed by atoms with E-state index in [1.807, 2.05) is 60.4 Å². The Labute approximate surface area is 301 Å². The van der Waals surface area contributed by atoms with Crippen LogP contribution in [0.25, 0.3) is 5.57 Å². The molecule has 3 N–H and O–H groups in total. The van der Waals surface area contributed by atoms with Crippen LogP contribution in [-0.2, 0) is 20.8 Å². The summed E-state index contributed by atoms with van der Waals surface area (Å²) < 4.78 is 52.7. The van der Waals surface area contributed by atoms with Gasteiger partial charge in [-0.2, -0.15) is 4.39 Å².